The Hall–Kier alpha value is -0.780. The van der Waals surface area contributed by atoms with E-state index in [0.717, 1.165) is 25.2 Å². The van der Waals surface area contributed by atoms with E-state index in [1.54, 1.807) is 10.4 Å². The quantitative estimate of drug-likeness (QED) is 0.882. The first-order valence-electron chi connectivity index (χ1n) is 7.66. The lowest BCUT2D eigenvalue weighted by Crippen LogP contribution is -2.24. The van der Waals surface area contributed by atoms with Gasteiger partial charge in [0.15, 0.2) is 0 Å². The van der Waals surface area contributed by atoms with Crippen LogP contribution in [-0.4, -0.2) is 21.8 Å². The van der Waals surface area contributed by atoms with Crippen molar-refractivity contribution >= 4 is 23.1 Å². The number of imidazole rings is 1. The molecule has 3 rings (SSSR count). The van der Waals surface area contributed by atoms with E-state index >= 15 is 0 Å². The molecule has 1 aliphatic heterocycles. The van der Waals surface area contributed by atoms with Gasteiger partial charge in [0.05, 0.1) is 0 Å². The molecule has 3 heterocycles. The van der Waals surface area contributed by atoms with Gasteiger partial charge in [-0.05, 0) is 36.8 Å². The summed E-state index contributed by atoms with van der Waals surface area (Å²) in [6.45, 7) is 3.29. The highest BCUT2D eigenvalue weighted by Crippen LogP contribution is 2.35. The minimum absolute atomic E-state index is 0.395. The van der Waals surface area contributed by atoms with E-state index in [2.05, 4.69) is 46.7 Å². The number of aryl methyl sites for hydroxylation is 2. The Balaban J connectivity index is 1.81. The summed E-state index contributed by atoms with van der Waals surface area (Å²) in [7, 11) is 2.08. The van der Waals surface area contributed by atoms with Gasteiger partial charge in [0.25, 0.3) is 0 Å². The molecule has 3 nitrogen and oxygen atoms in total. The third-order valence-corrected chi connectivity index (χ3v) is 6.30. The van der Waals surface area contributed by atoms with Crippen LogP contribution in [0, 0.1) is 0 Å². The third kappa shape index (κ3) is 3.52. The van der Waals surface area contributed by atoms with Crippen LogP contribution >= 0.6 is 23.1 Å². The molecule has 1 atom stereocenters. The minimum Gasteiger partial charge on any atom is -0.338 e. The molecular weight excluding hydrogens is 298 g/mol. The zero-order valence-electron chi connectivity index (χ0n) is 12.8. The number of aromatic nitrogens is 2. The van der Waals surface area contributed by atoms with E-state index in [1.165, 1.54) is 22.8 Å². The van der Waals surface area contributed by atoms with E-state index in [9.17, 15) is 0 Å². The van der Waals surface area contributed by atoms with Gasteiger partial charge >= 0.3 is 0 Å². The maximum atomic E-state index is 4.49. The van der Waals surface area contributed by atoms with Crippen molar-refractivity contribution in [2.24, 2.45) is 7.05 Å². The summed E-state index contributed by atoms with van der Waals surface area (Å²) in [6, 6.07) is 2.83. The molecule has 0 amide bonds. The molecule has 0 aliphatic carbocycles. The molecule has 2 aromatic rings. The molecule has 0 aromatic carbocycles. The number of thiophene rings is 1. The van der Waals surface area contributed by atoms with Gasteiger partial charge in [-0.2, -0.15) is 11.8 Å². The van der Waals surface area contributed by atoms with E-state index < -0.39 is 0 Å². The van der Waals surface area contributed by atoms with Crippen LogP contribution < -0.4 is 5.32 Å². The number of hydrogen-bond donors (Lipinski definition) is 1. The van der Waals surface area contributed by atoms with E-state index in [1.807, 2.05) is 23.7 Å². The molecule has 5 heteroatoms. The van der Waals surface area contributed by atoms with Crippen LogP contribution in [0.3, 0.4) is 0 Å². The Labute approximate surface area is 135 Å². The van der Waals surface area contributed by atoms with Crippen LogP contribution in [0.5, 0.6) is 0 Å². The molecule has 2 aromatic heterocycles. The van der Waals surface area contributed by atoms with Crippen LogP contribution in [0.4, 0.5) is 0 Å². The monoisotopic (exact) mass is 321 g/mol. The number of nitrogens with zero attached hydrogens (tertiary/aromatic N) is 2. The normalized spacial score (nSPS) is 15.9. The van der Waals surface area contributed by atoms with Gasteiger partial charge in [-0.15, -0.1) is 11.3 Å². The Bertz CT molecular complexity index is 565. The number of hydrogen-bond acceptors (Lipinski definition) is 4. The van der Waals surface area contributed by atoms with Crippen molar-refractivity contribution in [3.63, 3.8) is 0 Å². The standard InChI is InChI=1S/C16H23N3S2/c1-3-5-17-13(10-16-18-6-7-19(16)2)15-9-12-11-20-8-4-14(12)21-15/h6-7,9,13,17H,3-5,8,10-11H2,1-2H3. The van der Waals surface area contributed by atoms with Crippen molar-refractivity contribution in [2.45, 2.75) is 38.0 Å². The number of fused-ring (bicyclic) bond motifs is 1. The molecule has 21 heavy (non-hydrogen) atoms. The summed E-state index contributed by atoms with van der Waals surface area (Å²) in [5.74, 6) is 3.62. The lowest BCUT2D eigenvalue weighted by Gasteiger charge is -2.17. The summed E-state index contributed by atoms with van der Waals surface area (Å²) in [5, 5.41) is 3.71. The second kappa shape index (κ2) is 6.99. The van der Waals surface area contributed by atoms with Gasteiger partial charge in [-0.25, -0.2) is 4.98 Å². The second-order valence-corrected chi connectivity index (χ2v) is 7.84. The Morgan fingerprint density at radius 1 is 1.48 bits per heavy atom. The first-order chi connectivity index (χ1) is 10.3. The summed E-state index contributed by atoms with van der Waals surface area (Å²) in [6.07, 6.45) is 7.30. The molecule has 1 N–H and O–H groups in total. The first kappa shape index (κ1) is 15.1. The third-order valence-electron chi connectivity index (χ3n) is 3.94. The van der Waals surface area contributed by atoms with E-state index in [0.29, 0.717) is 6.04 Å². The minimum atomic E-state index is 0.395. The Morgan fingerprint density at radius 3 is 3.10 bits per heavy atom. The summed E-state index contributed by atoms with van der Waals surface area (Å²) < 4.78 is 2.13. The molecule has 0 saturated heterocycles. The zero-order chi connectivity index (χ0) is 14.7. The molecule has 0 fully saturated rings. The smallest absolute Gasteiger partial charge is 0.110 e. The number of thioether (sulfide) groups is 1. The van der Waals surface area contributed by atoms with Crippen molar-refractivity contribution in [2.75, 3.05) is 12.3 Å². The molecule has 0 saturated carbocycles. The SMILES string of the molecule is CCCNC(Cc1nccn1C)c1cc2c(s1)CCSC2. The predicted molar refractivity (Wildman–Crippen MR) is 92.1 cm³/mol. The molecule has 1 aliphatic rings. The molecule has 114 valence electrons. The molecule has 0 spiro atoms. The highest BCUT2D eigenvalue weighted by molar-refractivity contribution is 7.98. The van der Waals surface area contributed by atoms with E-state index in [-0.39, 0.29) is 0 Å². The zero-order valence-corrected chi connectivity index (χ0v) is 14.4. The van der Waals surface area contributed by atoms with Crippen molar-refractivity contribution in [3.05, 3.63) is 39.6 Å². The highest BCUT2D eigenvalue weighted by atomic mass is 32.2. The van der Waals surface area contributed by atoms with Crippen LogP contribution in [0.1, 0.15) is 40.5 Å². The van der Waals surface area contributed by atoms with Crippen molar-refractivity contribution in [3.8, 4) is 0 Å². The number of nitrogens with one attached hydrogen (secondary N) is 1. The van der Waals surface area contributed by atoms with Gasteiger partial charge < -0.3 is 9.88 Å². The van der Waals surface area contributed by atoms with Crippen LogP contribution in [0.2, 0.25) is 0 Å². The molecule has 1 unspecified atom stereocenters. The summed E-state index contributed by atoms with van der Waals surface area (Å²) in [4.78, 5) is 7.58. The highest BCUT2D eigenvalue weighted by Gasteiger charge is 2.20. The fourth-order valence-electron chi connectivity index (χ4n) is 2.71. The van der Waals surface area contributed by atoms with Crippen molar-refractivity contribution in [1.29, 1.82) is 0 Å². The van der Waals surface area contributed by atoms with Gasteiger partial charge in [0.1, 0.15) is 5.82 Å². The van der Waals surface area contributed by atoms with Crippen LogP contribution in [0.25, 0.3) is 0 Å². The van der Waals surface area contributed by atoms with Gasteiger partial charge in [-0.3, -0.25) is 0 Å². The fourth-order valence-corrected chi connectivity index (χ4v) is 5.16. The van der Waals surface area contributed by atoms with E-state index in [4.69, 9.17) is 0 Å². The largest absolute Gasteiger partial charge is 0.338 e. The topological polar surface area (TPSA) is 29.9 Å². The first-order valence-corrected chi connectivity index (χ1v) is 9.64. The van der Waals surface area contributed by atoms with Gasteiger partial charge in [0.2, 0.25) is 0 Å². The fraction of sp³-hybridized carbons (Fsp3) is 0.562. The second-order valence-electron chi connectivity index (χ2n) is 5.56. The molecular formula is C16H23N3S2. The average molecular weight is 322 g/mol. The maximum absolute atomic E-state index is 4.49. The Kier molecular flexibility index (Phi) is 5.03. The lowest BCUT2D eigenvalue weighted by molar-refractivity contribution is 0.518. The molecule has 0 radical (unpaired) electrons. The number of rotatable bonds is 6. The summed E-state index contributed by atoms with van der Waals surface area (Å²) >= 11 is 4.07. The van der Waals surface area contributed by atoms with Crippen molar-refractivity contribution < 1.29 is 0 Å². The lowest BCUT2D eigenvalue weighted by atomic mass is 10.1. The van der Waals surface area contributed by atoms with Crippen LogP contribution in [-0.2, 0) is 25.6 Å². The maximum Gasteiger partial charge on any atom is 0.110 e. The van der Waals surface area contributed by atoms with Crippen molar-refractivity contribution in [1.82, 2.24) is 14.9 Å². The van der Waals surface area contributed by atoms with Gasteiger partial charge in [0, 0.05) is 47.4 Å². The van der Waals surface area contributed by atoms with Gasteiger partial charge in [-0.1, -0.05) is 6.92 Å². The predicted octanol–water partition coefficient (Wildman–Crippen LogP) is 3.55. The van der Waals surface area contributed by atoms with Crippen LogP contribution in [0.15, 0.2) is 18.5 Å². The summed E-state index contributed by atoms with van der Waals surface area (Å²) in [5.41, 5.74) is 1.56. The Morgan fingerprint density at radius 2 is 2.38 bits per heavy atom. The average Bonchev–Trinajstić information content (AvgIpc) is 3.09. The molecule has 0 bridgehead atoms.